The number of hydrazine groups is 1. The van der Waals surface area contributed by atoms with Gasteiger partial charge in [-0.05, 0) is 48.4 Å². The predicted octanol–water partition coefficient (Wildman–Crippen LogP) is 2.88. The van der Waals surface area contributed by atoms with Gasteiger partial charge >= 0.3 is 0 Å². The van der Waals surface area contributed by atoms with E-state index in [9.17, 15) is 18.8 Å². The molecule has 0 saturated carbocycles. The van der Waals surface area contributed by atoms with Crippen molar-refractivity contribution in [1.29, 1.82) is 0 Å². The van der Waals surface area contributed by atoms with Crippen LogP contribution in [0.2, 0.25) is 0 Å². The number of hydrogen-bond donors (Lipinski definition) is 2. The molecule has 0 radical (unpaired) electrons. The number of fused-ring (bicyclic) bond motifs is 1. The average Bonchev–Trinajstić information content (AvgIpc) is 3.62. The van der Waals surface area contributed by atoms with Crippen molar-refractivity contribution < 1.29 is 18.8 Å². The summed E-state index contributed by atoms with van der Waals surface area (Å²) in [6.07, 6.45) is 0. The molecule has 0 saturated heterocycles. The summed E-state index contributed by atoms with van der Waals surface area (Å²) in [4.78, 5) is 46.8. The Morgan fingerprint density at radius 1 is 1.02 bits per heavy atom. The molecule has 4 rings (SSSR count). The molecule has 224 valence electrons. The Balaban J connectivity index is 1.56. The third-order valence-corrected chi connectivity index (χ3v) is 8.01. The fourth-order valence-electron chi connectivity index (χ4n) is 4.72. The SMILES string of the molecule is CCNCCNC(=O)CN(CC(=O)N(C)N1Cc2ccc(F)cc2C1)c1cc(-c2nc(C(=O)N(C)C)cs2)ccc1C. The van der Waals surface area contributed by atoms with Crippen LogP contribution in [0.15, 0.2) is 41.8 Å². The molecule has 3 amide bonds. The number of benzene rings is 2. The minimum absolute atomic E-state index is 0.0241. The number of thiazole rings is 1. The number of aromatic nitrogens is 1. The van der Waals surface area contributed by atoms with Crippen molar-refractivity contribution in [3.8, 4) is 10.6 Å². The van der Waals surface area contributed by atoms with Gasteiger partial charge in [-0.1, -0.05) is 25.1 Å². The molecule has 1 aliphatic rings. The summed E-state index contributed by atoms with van der Waals surface area (Å²) in [6.45, 7) is 6.69. The van der Waals surface area contributed by atoms with E-state index in [0.717, 1.165) is 34.5 Å². The molecule has 10 nitrogen and oxygen atoms in total. The number of carbonyl (C=O) groups excluding carboxylic acids is 3. The van der Waals surface area contributed by atoms with E-state index in [4.69, 9.17) is 0 Å². The lowest BCUT2D eigenvalue weighted by molar-refractivity contribution is -0.145. The highest BCUT2D eigenvalue weighted by atomic mass is 32.1. The lowest BCUT2D eigenvalue weighted by atomic mass is 10.1. The first-order valence-corrected chi connectivity index (χ1v) is 14.7. The minimum atomic E-state index is -0.301. The van der Waals surface area contributed by atoms with Crippen molar-refractivity contribution in [2.75, 3.05) is 58.8 Å². The molecular formula is C30H38FN7O3S. The first kappa shape index (κ1) is 31.1. The van der Waals surface area contributed by atoms with E-state index >= 15 is 0 Å². The highest BCUT2D eigenvalue weighted by Gasteiger charge is 2.28. The zero-order chi connectivity index (χ0) is 30.4. The number of likely N-dealkylation sites (N-methyl/N-ethyl adjacent to an activating group) is 2. The van der Waals surface area contributed by atoms with Gasteiger partial charge in [0.15, 0.2) is 0 Å². The molecule has 12 heteroatoms. The smallest absolute Gasteiger partial charge is 0.272 e. The average molecular weight is 596 g/mol. The zero-order valence-electron chi connectivity index (χ0n) is 24.7. The van der Waals surface area contributed by atoms with Crippen LogP contribution in [0.5, 0.6) is 0 Å². The summed E-state index contributed by atoms with van der Waals surface area (Å²) >= 11 is 1.36. The Morgan fingerprint density at radius 3 is 2.52 bits per heavy atom. The molecule has 0 atom stereocenters. The van der Waals surface area contributed by atoms with E-state index in [2.05, 4.69) is 15.6 Å². The van der Waals surface area contributed by atoms with Crippen LogP contribution in [0.1, 0.15) is 34.1 Å². The third kappa shape index (κ3) is 7.50. The number of rotatable bonds is 12. The van der Waals surface area contributed by atoms with E-state index in [1.807, 2.05) is 37.1 Å². The molecule has 3 aromatic rings. The summed E-state index contributed by atoms with van der Waals surface area (Å²) in [5, 5.41) is 11.9. The second-order valence-corrected chi connectivity index (χ2v) is 11.3. The molecule has 1 aromatic heterocycles. The molecule has 2 heterocycles. The predicted molar refractivity (Wildman–Crippen MR) is 162 cm³/mol. The molecule has 2 aromatic carbocycles. The number of hydrogen-bond acceptors (Lipinski definition) is 8. The Kier molecular flexibility index (Phi) is 10.3. The Bertz CT molecular complexity index is 1440. The largest absolute Gasteiger partial charge is 0.353 e. The summed E-state index contributed by atoms with van der Waals surface area (Å²) in [5.41, 5.74) is 4.59. The first-order valence-electron chi connectivity index (χ1n) is 13.9. The van der Waals surface area contributed by atoms with Crippen molar-refractivity contribution in [3.05, 3.63) is 70.0 Å². The van der Waals surface area contributed by atoms with Gasteiger partial charge in [0.05, 0.1) is 13.1 Å². The maximum Gasteiger partial charge on any atom is 0.272 e. The molecule has 0 bridgehead atoms. The number of aryl methyl sites for hydroxylation is 1. The molecule has 0 fully saturated rings. The Hall–Kier alpha value is -3.87. The molecule has 42 heavy (non-hydrogen) atoms. The fraction of sp³-hybridized carbons (Fsp3) is 0.400. The first-order chi connectivity index (χ1) is 20.1. The summed E-state index contributed by atoms with van der Waals surface area (Å²) in [7, 11) is 5.06. The number of anilines is 1. The molecular weight excluding hydrogens is 557 g/mol. The van der Waals surface area contributed by atoms with Crippen LogP contribution >= 0.6 is 11.3 Å². The highest BCUT2D eigenvalue weighted by molar-refractivity contribution is 7.13. The van der Waals surface area contributed by atoms with Crippen LogP contribution in [0.4, 0.5) is 10.1 Å². The number of halogens is 1. The molecule has 0 aliphatic carbocycles. The maximum atomic E-state index is 13.8. The normalized spacial score (nSPS) is 12.6. The van der Waals surface area contributed by atoms with Gasteiger partial charge in [0.2, 0.25) is 5.91 Å². The van der Waals surface area contributed by atoms with Crippen molar-refractivity contribution in [3.63, 3.8) is 0 Å². The van der Waals surface area contributed by atoms with E-state index in [0.29, 0.717) is 36.9 Å². The van der Waals surface area contributed by atoms with Gasteiger partial charge < -0.3 is 20.4 Å². The second-order valence-electron chi connectivity index (χ2n) is 10.5. The van der Waals surface area contributed by atoms with Gasteiger partial charge in [-0.15, -0.1) is 11.3 Å². The van der Waals surface area contributed by atoms with Gasteiger partial charge in [-0.3, -0.25) is 19.4 Å². The summed E-state index contributed by atoms with van der Waals surface area (Å²) in [5.74, 6) is -0.891. The Morgan fingerprint density at radius 2 is 1.79 bits per heavy atom. The number of nitrogens with one attached hydrogen (secondary N) is 2. The van der Waals surface area contributed by atoms with Crippen LogP contribution in [-0.4, -0.2) is 91.5 Å². The lowest BCUT2D eigenvalue weighted by Crippen LogP contribution is -2.48. The zero-order valence-corrected chi connectivity index (χ0v) is 25.6. The maximum absolute atomic E-state index is 13.8. The second kappa shape index (κ2) is 13.9. The quantitative estimate of drug-likeness (QED) is 0.311. The molecule has 2 N–H and O–H groups in total. The van der Waals surface area contributed by atoms with Crippen molar-refractivity contribution in [1.82, 2.24) is 30.5 Å². The van der Waals surface area contributed by atoms with E-state index in [1.165, 1.54) is 28.4 Å². The van der Waals surface area contributed by atoms with Crippen molar-refractivity contribution in [2.24, 2.45) is 0 Å². The summed E-state index contributed by atoms with van der Waals surface area (Å²) < 4.78 is 13.8. The minimum Gasteiger partial charge on any atom is -0.353 e. The van der Waals surface area contributed by atoms with Gasteiger partial charge in [0, 0.05) is 64.0 Å². The topological polar surface area (TPSA) is 101 Å². The van der Waals surface area contributed by atoms with Crippen LogP contribution < -0.4 is 15.5 Å². The standard InChI is InChI=1S/C30H38FN7O3S/c1-6-32-11-12-33-27(39)17-37(18-28(40)36(5)38-15-22-9-10-24(31)13-23(22)16-38)26-14-21(8-7-20(26)2)29-34-25(19-42-29)30(41)35(3)4/h7-10,13-14,19,32H,6,11-12,15-18H2,1-5H3,(H,33,39). The van der Waals surface area contributed by atoms with E-state index in [-0.39, 0.29) is 36.6 Å². The van der Waals surface area contributed by atoms with E-state index < -0.39 is 0 Å². The van der Waals surface area contributed by atoms with Gasteiger partial charge in [-0.25, -0.2) is 14.4 Å². The van der Waals surface area contributed by atoms with Crippen LogP contribution in [0.25, 0.3) is 10.6 Å². The number of carbonyl (C=O) groups is 3. The Labute approximate surface area is 250 Å². The van der Waals surface area contributed by atoms with Crippen LogP contribution in [0.3, 0.4) is 0 Å². The molecule has 1 aliphatic heterocycles. The van der Waals surface area contributed by atoms with Crippen LogP contribution in [0, 0.1) is 12.7 Å². The lowest BCUT2D eigenvalue weighted by Gasteiger charge is -2.32. The fourth-order valence-corrected chi connectivity index (χ4v) is 5.51. The summed E-state index contributed by atoms with van der Waals surface area (Å²) in [6, 6.07) is 10.4. The van der Waals surface area contributed by atoms with Gasteiger partial charge in [0.1, 0.15) is 16.5 Å². The van der Waals surface area contributed by atoms with Crippen LogP contribution in [-0.2, 0) is 22.7 Å². The van der Waals surface area contributed by atoms with Gasteiger partial charge in [-0.2, -0.15) is 0 Å². The van der Waals surface area contributed by atoms with Crippen molar-refractivity contribution in [2.45, 2.75) is 26.9 Å². The highest BCUT2D eigenvalue weighted by Crippen LogP contribution is 2.31. The third-order valence-electron chi connectivity index (χ3n) is 7.12. The number of nitrogens with zero attached hydrogens (tertiary/aromatic N) is 5. The number of amides is 3. The molecule has 0 spiro atoms. The molecule has 0 unspecified atom stereocenters. The van der Waals surface area contributed by atoms with Gasteiger partial charge in [0.25, 0.3) is 11.8 Å². The van der Waals surface area contributed by atoms with E-state index in [1.54, 1.807) is 42.5 Å². The van der Waals surface area contributed by atoms with Crippen molar-refractivity contribution >= 4 is 34.7 Å². The monoisotopic (exact) mass is 595 g/mol.